The Bertz CT molecular complexity index is 1070. The van der Waals surface area contributed by atoms with Gasteiger partial charge in [-0.1, -0.05) is 243 Å². The summed E-state index contributed by atoms with van der Waals surface area (Å²) in [5.74, 6) is -0.0693. The molecule has 3 N–H and O–H groups in total. The average Bonchev–Trinajstić information content (AvgIpc) is 3.32. The topological polar surface area (TPSA) is 95.9 Å². The molecule has 6 nitrogen and oxygen atoms in total. The third kappa shape index (κ3) is 51.5. The molecule has 2 atom stereocenters. The van der Waals surface area contributed by atoms with Crippen LogP contribution in [0.5, 0.6) is 0 Å². The monoisotopic (exact) mass is 928 g/mol. The fraction of sp³-hybridized carbons (Fsp3) is 0.867. The van der Waals surface area contributed by atoms with Crippen LogP contribution in [0.2, 0.25) is 0 Å². The normalized spacial score (nSPS) is 12.8. The molecule has 0 radical (unpaired) electrons. The minimum absolute atomic E-state index is 0.0188. The number of carbonyl (C=O) groups is 2. The van der Waals surface area contributed by atoms with E-state index in [4.69, 9.17) is 4.74 Å². The van der Waals surface area contributed by atoms with Crippen molar-refractivity contribution in [2.45, 2.75) is 321 Å². The van der Waals surface area contributed by atoms with Crippen molar-refractivity contribution >= 4 is 11.9 Å². The number of aliphatic hydroxyl groups is 2. The van der Waals surface area contributed by atoms with Gasteiger partial charge in [0, 0.05) is 12.8 Å². The third-order valence-electron chi connectivity index (χ3n) is 13.4. The van der Waals surface area contributed by atoms with Crippen LogP contribution in [-0.2, 0) is 14.3 Å². The Morgan fingerprint density at radius 3 is 1.17 bits per heavy atom. The van der Waals surface area contributed by atoms with E-state index >= 15 is 0 Å². The van der Waals surface area contributed by atoms with Crippen LogP contribution in [0.4, 0.5) is 0 Å². The summed E-state index contributed by atoms with van der Waals surface area (Å²) >= 11 is 0. The van der Waals surface area contributed by atoms with Crippen LogP contribution in [0.15, 0.2) is 36.5 Å². The molecule has 0 aromatic heterocycles. The summed E-state index contributed by atoms with van der Waals surface area (Å²) in [5, 5.41) is 23.3. The van der Waals surface area contributed by atoms with Crippen molar-refractivity contribution in [3.63, 3.8) is 0 Å². The first-order chi connectivity index (χ1) is 32.5. The highest BCUT2D eigenvalue weighted by molar-refractivity contribution is 5.76. The molecule has 388 valence electrons. The molecule has 0 aromatic rings. The zero-order valence-electron chi connectivity index (χ0n) is 44.2. The molecule has 0 fully saturated rings. The van der Waals surface area contributed by atoms with Crippen molar-refractivity contribution < 1.29 is 24.5 Å². The van der Waals surface area contributed by atoms with Gasteiger partial charge < -0.3 is 20.3 Å². The highest BCUT2D eigenvalue weighted by atomic mass is 16.5. The molecule has 0 bridgehead atoms. The summed E-state index contributed by atoms with van der Waals surface area (Å²) in [7, 11) is 0. The minimum Gasteiger partial charge on any atom is -0.466 e. The van der Waals surface area contributed by atoms with E-state index in [-0.39, 0.29) is 18.5 Å². The van der Waals surface area contributed by atoms with Crippen LogP contribution in [0, 0.1) is 0 Å². The van der Waals surface area contributed by atoms with Crippen molar-refractivity contribution in [3.05, 3.63) is 36.5 Å². The lowest BCUT2D eigenvalue weighted by Crippen LogP contribution is -2.45. The lowest BCUT2D eigenvalue weighted by Gasteiger charge is -2.22. The Balaban J connectivity index is 3.49. The third-order valence-corrected chi connectivity index (χ3v) is 13.4. The van der Waals surface area contributed by atoms with Crippen molar-refractivity contribution in [3.8, 4) is 0 Å². The fourth-order valence-corrected chi connectivity index (χ4v) is 8.90. The quantitative estimate of drug-likeness (QED) is 0.0321. The van der Waals surface area contributed by atoms with E-state index in [0.29, 0.717) is 25.9 Å². The number of hydrogen-bond acceptors (Lipinski definition) is 5. The van der Waals surface area contributed by atoms with Gasteiger partial charge in [0.2, 0.25) is 5.91 Å². The number of unbranched alkanes of at least 4 members (excludes halogenated alkanes) is 37. The zero-order chi connectivity index (χ0) is 47.9. The smallest absolute Gasteiger partial charge is 0.305 e. The maximum atomic E-state index is 12.5. The number of ether oxygens (including phenoxy) is 1. The number of allylic oxidation sites excluding steroid dienone is 6. The maximum absolute atomic E-state index is 12.5. The van der Waals surface area contributed by atoms with Gasteiger partial charge in [0.15, 0.2) is 0 Å². The van der Waals surface area contributed by atoms with Crippen LogP contribution in [0.25, 0.3) is 0 Å². The predicted molar refractivity (Wildman–Crippen MR) is 287 cm³/mol. The first-order valence-electron chi connectivity index (χ1n) is 29.2. The summed E-state index contributed by atoms with van der Waals surface area (Å²) in [6.45, 7) is 4.91. The van der Waals surface area contributed by atoms with Gasteiger partial charge in [-0.2, -0.15) is 0 Å². The number of hydrogen-bond donors (Lipinski definition) is 3. The van der Waals surface area contributed by atoms with Gasteiger partial charge in [-0.25, -0.2) is 0 Å². The number of amides is 1. The number of carbonyl (C=O) groups excluding carboxylic acids is 2. The van der Waals surface area contributed by atoms with Crippen LogP contribution >= 0.6 is 0 Å². The SMILES string of the molecule is CCCCCCCC/C=C\CCCCCCCCCC(=O)OCCCCC/C=C\C/C=C\CCCCCCCCCC(=O)NC(CO)C(O)CCCCCCCCCCCCCCCCC. The van der Waals surface area contributed by atoms with E-state index in [9.17, 15) is 19.8 Å². The van der Waals surface area contributed by atoms with Gasteiger partial charge in [0.1, 0.15) is 0 Å². The lowest BCUT2D eigenvalue weighted by molar-refractivity contribution is -0.143. The van der Waals surface area contributed by atoms with Crippen molar-refractivity contribution in [1.82, 2.24) is 5.32 Å². The number of nitrogens with one attached hydrogen (secondary N) is 1. The molecule has 0 aliphatic carbocycles. The molecule has 0 saturated heterocycles. The Morgan fingerprint density at radius 2 is 0.758 bits per heavy atom. The summed E-state index contributed by atoms with van der Waals surface area (Å²) in [6.07, 6.45) is 68.5. The zero-order valence-corrected chi connectivity index (χ0v) is 44.2. The van der Waals surface area contributed by atoms with Gasteiger partial charge >= 0.3 is 5.97 Å². The average molecular weight is 929 g/mol. The molecule has 0 aromatic carbocycles. The number of esters is 1. The van der Waals surface area contributed by atoms with E-state index in [0.717, 1.165) is 83.5 Å². The molecule has 0 heterocycles. The lowest BCUT2D eigenvalue weighted by atomic mass is 10.0. The van der Waals surface area contributed by atoms with Crippen LogP contribution in [0.3, 0.4) is 0 Å². The standard InChI is InChI=1S/C60H113NO5/c1-3-5-7-9-11-13-15-17-19-21-26-30-34-38-42-46-50-54-60(65)66-55-51-47-43-39-35-31-27-23-20-22-25-29-33-37-41-45-49-53-59(64)61-57(56-62)58(63)52-48-44-40-36-32-28-24-18-16-14-12-10-8-6-4-2/h17,19-20,23,31,35,57-58,62-63H,3-16,18,21-22,24-30,32-34,36-56H2,1-2H3,(H,61,64)/b19-17-,23-20-,35-31-. The van der Waals surface area contributed by atoms with Crippen LogP contribution < -0.4 is 5.32 Å². The Morgan fingerprint density at radius 1 is 0.424 bits per heavy atom. The molecule has 1 amide bonds. The van der Waals surface area contributed by atoms with Crippen molar-refractivity contribution in [2.24, 2.45) is 0 Å². The van der Waals surface area contributed by atoms with Gasteiger partial charge in [-0.15, -0.1) is 0 Å². The van der Waals surface area contributed by atoms with Gasteiger partial charge in [0.05, 0.1) is 25.4 Å². The summed E-state index contributed by atoms with van der Waals surface area (Å²) in [5.41, 5.74) is 0. The predicted octanol–water partition coefficient (Wildman–Crippen LogP) is 18.0. The highest BCUT2D eigenvalue weighted by Crippen LogP contribution is 2.17. The highest BCUT2D eigenvalue weighted by Gasteiger charge is 2.20. The molecule has 0 rings (SSSR count). The summed E-state index contributed by atoms with van der Waals surface area (Å²) < 4.78 is 5.46. The molecule has 66 heavy (non-hydrogen) atoms. The van der Waals surface area contributed by atoms with Gasteiger partial charge in [0.25, 0.3) is 0 Å². The Kier molecular flexibility index (Phi) is 54.1. The fourth-order valence-electron chi connectivity index (χ4n) is 8.90. The van der Waals surface area contributed by atoms with Crippen LogP contribution in [-0.4, -0.2) is 47.4 Å². The molecule has 2 unspecified atom stereocenters. The molecular formula is C60H113NO5. The number of aliphatic hydroxyl groups excluding tert-OH is 2. The molecule has 0 spiro atoms. The largest absolute Gasteiger partial charge is 0.466 e. The van der Waals surface area contributed by atoms with E-state index in [1.54, 1.807) is 0 Å². The first kappa shape index (κ1) is 64.1. The van der Waals surface area contributed by atoms with Crippen molar-refractivity contribution in [2.75, 3.05) is 13.2 Å². The number of rotatable bonds is 54. The Labute approximate surface area is 411 Å². The van der Waals surface area contributed by atoms with E-state index in [1.165, 1.54) is 193 Å². The van der Waals surface area contributed by atoms with E-state index in [2.05, 4.69) is 55.6 Å². The molecule has 0 aliphatic rings. The summed E-state index contributed by atoms with van der Waals surface area (Å²) in [6, 6.07) is -0.554. The molecule has 6 heteroatoms. The maximum Gasteiger partial charge on any atom is 0.305 e. The van der Waals surface area contributed by atoms with Crippen molar-refractivity contribution in [1.29, 1.82) is 0 Å². The second-order valence-electron chi connectivity index (χ2n) is 20.0. The minimum atomic E-state index is -0.675. The van der Waals surface area contributed by atoms with E-state index < -0.39 is 12.1 Å². The first-order valence-corrected chi connectivity index (χ1v) is 29.2. The Hall–Kier alpha value is -1.92. The van der Waals surface area contributed by atoms with Gasteiger partial charge in [-0.3, -0.25) is 9.59 Å². The van der Waals surface area contributed by atoms with Crippen LogP contribution in [0.1, 0.15) is 309 Å². The van der Waals surface area contributed by atoms with E-state index in [1.807, 2.05) is 0 Å². The second kappa shape index (κ2) is 55.7. The van der Waals surface area contributed by atoms with Gasteiger partial charge in [-0.05, 0) is 89.9 Å². The second-order valence-corrected chi connectivity index (χ2v) is 20.0. The molecule has 0 saturated carbocycles. The molecular weight excluding hydrogens is 815 g/mol. The molecule has 0 aliphatic heterocycles. The summed E-state index contributed by atoms with van der Waals surface area (Å²) in [4.78, 5) is 24.5.